The molecule has 0 unspecified atom stereocenters. The molecule has 0 aliphatic heterocycles. The standard InChI is InChI=1S/C14H21N3O3S/c1-10-3-6-13(11(2)9-10)21(19,20)17(12-4-5-12)8-7-14(15)16-18/h3,6,9,12,18H,4-5,7-8H2,1-2H3,(H2,15,16). The molecule has 0 amide bonds. The first-order valence-corrected chi connectivity index (χ1v) is 8.35. The summed E-state index contributed by atoms with van der Waals surface area (Å²) in [5.41, 5.74) is 7.22. The molecule has 0 atom stereocenters. The van der Waals surface area contributed by atoms with Crippen LogP contribution in [-0.2, 0) is 10.0 Å². The zero-order valence-corrected chi connectivity index (χ0v) is 13.1. The minimum absolute atomic E-state index is 0.0298. The van der Waals surface area contributed by atoms with Gasteiger partial charge in [-0.15, -0.1) is 0 Å². The fourth-order valence-electron chi connectivity index (χ4n) is 2.35. The van der Waals surface area contributed by atoms with Crippen molar-refractivity contribution in [3.63, 3.8) is 0 Å². The number of nitrogens with zero attached hydrogens (tertiary/aromatic N) is 2. The molecular formula is C14H21N3O3S. The van der Waals surface area contributed by atoms with E-state index in [4.69, 9.17) is 10.9 Å². The van der Waals surface area contributed by atoms with Crippen LogP contribution in [0.4, 0.5) is 0 Å². The second-order valence-electron chi connectivity index (χ2n) is 5.46. The molecule has 0 heterocycles. The second-order valence-corrected chi connectivity index (χ2v) is 7.32. The van der Waals surface area contributed by atoms with E-state index in [9.17, 15) is 8.42 Å². The van der Waals surface area contributed by atoms with Crippen molar-refractivity contribution in [3.05, 3.63) is 29.3 Å². The highest BCUT2D eigenvalue weighted by molar-refractivity contribution is 7.89. The highest BCUT2D eigenvalue weighted by Crippen LogP contribution is 2.33. The van der Waals surface area contributed by atoms with Gasteiger partial charge in [-0.05, 0) is 38.3 Å². The number of amidine groups is 1. The Labute approximate surface area is 125 Å². The summed E-state index contributed by atoms with van der Waals surface area (Å²) in [5, 5.41) is 11.5. The van der Waals surface area contributed by atoms with Crippen LogP contribution >= 0.6 is 0 Å². The molecule has 1 aliphatic carbocycles. The number of nitrogens with two attached hydrogens (primary N) is 1. The van der Waals surface area contributed by atoms with Crippen molar-refractivity contribution in [1.82, 2.24) is 4.31 Å². The number of benzene rings is 1. The molecular weight excluding hydrogens is 290 g/mol. The van der Waals surface area contributed by atoms with Crippen molar-refractivity contribution in [2.24, 2.45) is 10.9 Å². The molecule has 7 heteroatoms. The first-order valence-electron chi connectivity index (χ1n) is 6.91. The quantitative estimate of drug-likeness (QED) is 0.361. The van der Waals surface area contributed by atoms with Crippen molar-refractivity contribution >= 4 is 15.9 Å². The fraction of sp³-hybridized carbons (Fsp3) is 0.500. The monoisotopic (exact) mass is 311 g/mol. The van der Waals surface area contributed by atoms with Crippen LogP contribution in [0.15, 0.2) is 28.3 Å². The Morgan fingerprint density at radius 1 is 1.43 bits per heavy atom. The predicted molar refractivity (Wildman–Crippen MR) is 80.9 cm³/mol. The predicted octanol–water partition coefficient (Wildman–Crippen LogP) is 1.59. The molecule has 0 spiro atoms. The van der Waals surface area contributed by atoms with Crippen LogP contribution in [0.3, 0.4) is 0 Å². The molecule has 0 saturated heterocycles. The molecule has 0 radical (unpaired) electrons. The van der Waals surface area contributed by atoms with Crippen LogP contribution in [0.5, 0.6) is 0 Å². The molecule has 1 fully saturated rings. The zero-order valence-electron chi connectivity index (χ0n) is 12.3. The lowest BCUT2D eigenvalue weighted by Crippen LogP contribution is -2.36. The van der Waals surface area contributed by atoms with Crippen molar-refractivity contribution in [1.29, 1.82) is 0 Å². The highest BCUT2D eigenvalue weighted by Gasteiger charge is 2.38. The number of oxime groups is 1. The van der Waals surface area contributed by atoms with Gasteiger partial charge in [0.25, 0.3) is 0 Å². The van der Waals surface area contributed by atoms with Crippen molar-refractivity contribution < 1.29 is 13.6 Å². The third kappa shape index (κ3) is 3.54. The van der Waals surface area contributed by atoms with E-state index < -0.39 is 10.0 Å². The average Bonchev–Trinajstić information content (AvgIpc) is 3.22. The van der Waals surface area contributed by atoms with Crippen LogP contribution in [0.25, 0.3) is 0 Å². The van der Waals surface area contributed by atoms with E-state index in [-0.39, 0.29) is 24.8 Å². The molecule has 1 saturated carbocycles. The maximum absolute atomic E-state index is 12.8. The van der Waals surface area contributed by atoms with Gasteiger partial charge < -0.3 is 10.9 Å². The van der Waals surface area contributed by atoms with Crippen molar-refractivity contribution in [2.45, 2.75) is 44.0 Å². The molecule has 1 aliphatic rings. The van der Waals surface area contributed by atoms with Crippen molar-refractivity contribution in [2.75, 3.05) is 6.54 Å². The third-order valence-electron chi connectivity index (χ3n) is 3.59. The summed E-state index contributed by atoms with van der Waals surface area (Å²) in [5.74, 6) is 0.0384. The lowest BCUT2D eigenvalue weighted by molar-refractivity contribution is 0.315. The summed E-state index contributed by atoms with van der Waals surface area (Å²) < 4.78 is 27.1. The molecule has 6 nitrogen and oxygen atoms in total. The summed E-state index contributed by atoms with van der Waals surface area (Å²) in [7, 11) is -3.55. The van der Waals surface area contributed by atoms with Gasteiger partial charge in [0.05, 0.1) is 4.90 Å². The Bertz CT molecular complexity index is 651. The summed E-state index contributed by atoms with van der Waals surface area (Å²) in [6.07, 6.45) is 1.94. The Balaban J connectivity index is 2.29. The van der Waals surface area contributed by atoms with Crippen LogP contribution in [0.1, 0.15) is 30.4 Å². The number of hydrogen-bond acceptors (Lipinski definition) is 4. The van der Waals surface area contributed by atoms with Gasteiger partial charge in [0.1, 0.15) is 5.84 Å². The summed E-state index contributed by atoms with van der Waals surface area (Å²) >= 11 is 0. The Morgan fingerprint density at radius 2 is 2.10 bits per heavy atom. The molecule has 1 aromatic carbocycles. The van der Waals surface area contributed by atoms with Gasteiger partial charge >= 0.3 is 0 Å². The lowest BCUT2D eigenvalue weighted by atomic mass is 10.2. The van der Waals surface area contributed by atoms with Crippen LogP contribution in [-0.4, -0.2) is 36.4 Å². The maximum atomic E-state index is 12.8. The van der Waals surface area contributed by atoms with Crippen LogP contribution in [0, 0.1) is 13.8 Å². The van der Waals surface area contributed by atoms with E-state index in [1.807, 2.05) is 13.0 Å². The van der Waals surface area contributed by atoms with E-state index >= 15 is 0 Å². The smallest absolute Gasteiger partial charge is 0.243 e. The molecule has 2 rings (SSSR count). The summed E-state index contributed by atoms with van der Waals surface area (Å²) in [6, 6.07) is 5.34. The first-order chi connectivity index (χ1) is 9.86. The van der Waals surface area contributed by atoms with Gasteiger partial charge in [0, 0.05) is 19.0 Å². The number of aryl methyl sites for hydroxylation is 2. The van der Waals surface area contributed by atoms with Gasteiger partial charge in [-0.1, -0.05) is 22.9 Å². The van der Waals surface area contributed by atoms with Gasteiger partial charge in [-0.2, -0.15) is 4.31 Å². The number of sulfonamides is 1. The number of rotatable bonds is 6. The van der Waals surface area contributed by atoms with E-state index in [0.717, 1.165) is 24.0 Å². The molecule has 3 N–H and O–H groups in total. The Hall–Kier alpha value is -1.60. The fourth-order valence-corrected chi connectivity index (χ4v) is 4.24. The molecule has 1 aromatic rings. The molecule has 0 bridgehead atoms. The minimum Gasteiger partial charge on any atom is -0.409 e. The van der Waals surface area contributed by atoms with Gasteiger partial charge in [-0.25, -0.2) is 8.42 Å². The second kappa shape index (κ2) is 6.03. The molecule has 0 aromatic heterocycles. The SMILES string of the molecule is Cc1ccc(S(=O)(=O)N(CCC(N)=NO)C2CC2)c(C)c1. The third-order valence-corrected chi connectivity index (χ3v) is 5.70. The Morgan fingerprint density at radius 3 is 2.62 bits per heavy atom. The minimum atomic E-state index is -3.55. The van der Waals surface area contributed by atoms with E-state index in [0.29, 0.717) is 4.90 Å². The Kier molecular flexibility index (Phi) is 4.53. The van der Waals surface area contributed by atoms with E-state index in [2.05, 4.69) is 5.16 Å². The van der Waals surface area contributed by atoms with Crippen LogP contribution in [0.2, 0.25) is 0 Å². The zero-order chi connectivity index (χ0) is 15.6. The van der Waals surface area contributed by atoms with Gasteiger partial charge in [-0.3, -0.25) is 0 Å². The number of hydrogen-bond donors (Lipinski definition) is 2. The first kappa shape index (κ1) is 15.8. The molecule has 21 heavy (non-hydrogen) atoms. The topological polar surface area (TPSA) is 96.0 Å². The lowest BCUT2D eigenvalue weighted by Gasteiger charge is -2.22. The summed E-state index contributed by atoms with van der Waals surface area (Å²) in [6.45, 7) is 3.96. The van der Waals surface area contributed by atoms with E-state index in [1.165, 1.54) is 4.31 Å². The van der Waals surface area contributed by atoms with Crippen molar-refractivity contribution in [3.8, 4) is 0 Å². The highest BCUT2D eigenvalue weighted by atomic mass is 32.2. The van der Waals surface area contributed by atoms with E-state index in [1.54, 1.807) is 19.1 Å². The average molecular weight is 311 g/mol. The molecule has 116 valence electrons. The normalized spacial score (nSPS) is 16.4. The maximum Gasteiger partial charge on any atom is 0.243 e. The van der Waals surface area contributed by atoms with Gasteiger partial charge in [0.2, 0.25) is 10.0 Å². The summed E-state index contributed by atoms with van der Waals surface area (Å²) in [4.78, 5) is 0.333. The van der Waals surface area contributed by atoms with Gasteiger partial charge in [0.15, 0.2) is 0 Å². The van der Waals surface area contributed by atoms with Crippen LogP contribution < -0.4 is 5.73 Å². The largest absolute Gasteiger partial charge is 0.409 e.